The van der Waals surface area contributed by atoms with Crippen LogP contribution >= 0.6 is 15.9 Å². The Morgan fingerprint density at radius 3 is 2.32 bits per heavy atom. The van der Waals surface area contributed by atoms with Crippen LogP contribution in [0.2, 0.25) is 0 Å². The number of hydrogen-bond donors (Lipinski definition) is 1. The fourth-order valence-electron chi connectivity index (χ4n) is 5.86. The molecule has 0 fully saturated rings. The van der Waals surface area contributed by atoms with Crippen molar-refractivity contribution in [2.75, 3.05) is 20.7 Å². The Kier molecular flexibility index (Phi) is 9.10. The van der Waals surface area contributed by atoms with Crippen LogP contribution in [0.1, 0.15) is 37.1 Å². The Balaban J connectivity index is 1.64. The summed E-state index contributed by atoms with van der Waals surface area (Å²) in [6.07, 6.45) is -5.87. The first-order valence-corrected chi connectivity index (χ1v) is 18.1. The maximum absolute atomic E-state index is 15.1. The molecule has 1 atom stereocenters. The average Bonchev–Trinajstić information content (AvgIpc) is 3.59. The van der Waals surface area contributed by atoms with Gasteiger partial charge in [-0.05, 0) is 65.9 Å². The molecule has 0 aliphatic carbocycles. The lowest BCUT2D eigenvalue weighted by Crippen LogP contribution is -2.51. The molecule has 1 aromatic heterocycles. The maximum atomic E-state index is 15.1. The van der Waals surface area contributed by atoms with Gasteiger partial charge in [-0.15, -0.1) is 4.40 Å². The molecule has 2 heterocycles. The van der Waals surface area contributed by atoms with Gasteiger partial charge in [-0.3, -0.25) is 0 Å². The second-order valence-corrected chi connectivity index (χ2v) is 16.7. The van der Waals surface area contributed by atoms with E-state index in [2.05, 4.69) is 20.3 Å². The molecule has 0 saturated heterocycles. The molecular weight excluding hydrogens is 723 g/mol. The summed E-state index contributed by atoms with van der Waals surface area (Å²) in [4.78, 5) is 1.07. The van der Waals surface area contributed by atoms with E-state index in [1.54, 1.807) is 32.3 Å². The molecule has 0 saturated carbocycles. The number of nitrogens with zero attached hydrogens (tertiary/aromatic N) is 3. The highest BCUT2D eigenvalue weighted by Gasteiger charge is 2.57. The van der Waals surface area contributed by atoms with Gasteiger partial charge < -0.3 is 14.7 Å². The predicted molar refractivity (Wildman–Crippen MR) is 176 cm³/mol. The van der Waals surface area contributed by atoms with E-state index in [0.717, 1.165) is 10.3 Å². The summed E-state index contributed by atoms with van der Waals surface area (Å²) >= 11 is 3.33. The number of benzene rings is 3. The standard InChI is InChI=1S/C32H33BrF3N3O6S2/c1-30(2,27-17-26(16-21-12-13-45-29(21)27)46(41,42)37-20-38(3)4)19-31(40,32(34,35)36)18-24-15-22-14-23(33)10-11-28(22)39(24)47(43,44)25-8-6-5-7-9-25/h5-11,14-17,20,40H,12-13,18-19H2,1-4H3. The molecule has 0 amide bonds. The molecule has 0 bridgehead atoms. The van der Waals surface area contributed by atoms with Crippen molar-refractivity contribution in [2.24, 2.45) is 4.40 Å². The van der Waals surface area contributed by atoms with E-state index in [9.17, 15) is 21.9 Å². The van der Waals surface area contributed by atoms with E-state index < -0.39 is 50.1 Å². The minimum Gasteiger partial charge on any atom is -0.493 e. The van der Waals surface area contributed by atoms with Gasteiger partial charge in [0.2, 0.25) is 0 Å². The van der Waals surface area contributed by atoms with Crippen LogP contribution < -0.4 is 4.74 Å². The van der Waals surface area contributed by atoms with Gasteiger partial charge in [0, 0.05) is 48.1 Å². The summed E-state index contributed by atoms with van der Waals surface area (Å²) in [7, 11) is -5.46. The SMILES string of the molecule is CN(C)C=NS(=O)(=O)c1cc2c(c(C(C)(C)CC(O)(Cc3cc4cc(Br)ccc4n3S(=O)(=O)c3ccccc3)C(F)(F)F)c1)OCC2. The summed E-state index contributed by atoms with van der Waals surface area (Å²) in [5.41, 5.74) is -4.50. The van der Waals surface area contributed by atoms with Crippen LogP contribution in [0.4, 0.5) is 13.2 Å². The van der Waals surface area contributed by atoms with Gasteiger partial charge in [0.25, 0.3) is 20.0 Å². The summed E-state index contributed by atoms with van der Waals surface area (Å²) in [5, 5.41) is 12.0. The Labute approximate surface area is 279 Å². The minimum absolute atomic E-state index is 0.137. The average molecular weight is 757 g/mol. The molecule has 252 valence electrons. The van der Waals surface area contributed by atoms with Crippen LogP contribution in [-0.4, -0.2) is 69.6 Å². The molecule has 4 aromatic rings. The zero-order valence-electron chi connectivity index (χ0n) is 25.9. The quantitative estimate of drug-likeness (QED) is 0.155. The number of aliphatic hydroxyl groups is 1. The molecule has 15 heteroatoms. The highest BCUT2D eigenvalue weighted by Crippen LogP contribution is 2.48. The lowest BCUT2D eigenvalue weighted by molar-refractivity contribution is -0.266. The molecule has 47 heavy (non-hydrogen) atoms. The van der Waals surface area contributed by atoms with Gasteiger partial charge in [0.05, 0.1) is 21.9 Å². The van der Waals surface area contributed by atoms with E-state index >= 15 is 13.2 Å². The molecule has 1 unspecified atom stereocenters. The van der Waals surface area contributed by atoms with Crippen LogP contribution in [-0.2, 0) is 38.3 Å². The Morgan fingerprint density at radius 2 is 1.68 bits per heavy atom. The van der Waals surface area contributed by atoms with Gasteiger partial charge in [-0.25, -0.2) is 12.4 Å². The zero-order chi connectivity index (χ0) is 34.6. The van der Waals surface area contributed by atoms with E-state index in [4.69, 9.17) is 4.74 Å². The summed E-state index contributed by atoms with van der Waals surface area (Å²) in [5.74, 6) is 0.251. The predicted octanol–water partition coefficient (Wildman–Crippen LogP) is 6.06. The monoisotopic (exact) mass is 755 g/mol. The fraction of sp³-hybridized carbons (Fsp3) is 0.344. The lowest BCUT2D eigenvalue weighted by Gasteiger charge is -2.38. The first-order chi connectivity index (χ1) is 21.7. The van der Waals surface area contributed by atoms with Gasteiger partial charge in [0.15, 0.2) is 5.60 Å². The molecule has 1 N–H and O–H groups in total. The molecule has 9 nitrogen and oxygen atoms in total. The first-order valence-electron chi connectivity index (χ1n) is 14.4. The minimum atomic E-state index is -5.23. The third kappa shape index (κ3) is 6.80. The van der Waals surface area contributed by atoms with E-state index in [1.807, 2.05) is 0 Å². The van der Waals surface area contributed by atoms with E-state index in [-0.39, 0.29) is 38.9 Å². The van der Waals surface area contributed by atoms with Gasteiger partial charge in [-0.1, -0.05) is 48.0 Å². The van der Waals surface area contributed by atoms with Crippen molar-refractivity contribution in [3.8, 4) is 5.75 Å². The summed E-state index contributed by atoms with van der Waals surface area (Å²) in [6.45, 7) is 3.10. The third-order valence-electron chi connectivity index (χ3n) is 8.01. The molecule has 5 rings (SSSR count). The second-order valence-electron chi connectivity index (χ2n) is 12.4. The highest BCUT2D eigenvalue weighted by molar-refractivity contribution is 9.10. The van der Waals surface area contributed by atoms with Crippen LogP contribution in [0.5, 0.6) is 5.75 Å². The number of fused-ring (bicyclic) bond motifs is 2. The fourth-order valence-corrected chi connectivity index (χ4v) is 8.79. The lowest BCUT2D eigenvalue weighted by atomic mass is 9.73. The molecule has 3 aromatic carbocycles. The van der Waals surface area contributed by atoms with Crippen molar-refractivity contribution in [1.29, 1.82) is 0 Å². The van der Waals surface area contributed by atoms with E-state index in [0.29, 0.717) is 21.8 Å². The first kappa shape index (κ1) is 34.9. The maximum Gasteiger partial charge on any atom is 0.417 e. The third-order valence-corrected chi connectivity index (χ3v) is 11.5. The van der Waals surface area contributed by atoms with Gasteiger partial charge >= 0.3 is 6.18 Å². The number of halogens is 4. The molecular formula is C32H33BrF3N3O6S2. The van der Waals surface area contributed by atoms with Crippen molar-refractivity contribution in [2.45, 2.75) is 60.1 Å². The Bertz CT molecular complexity index is 2080. The number of sulfonamides is 1. The van der Waals surface area contributed by atoms with E-state index in [1.165, 1.54) is 67.3 Å². The van der Waals surface area contributed by atoms with Crippen LogP contribution in [0, 0.1) is 0 Å². The van der Waals surface area contributed by atoms with Crippen LogP contribution in [0.15, 0.2) is 85.4 Å². The Hall–Kier alpha value is -3.40. The summed E-state index contributed by atoms with van der Waals surface area (Å²) in [6, 6.07) is 15.9. The molecule has 0 radical (unpaired) electrons. The molecule has 0 spiro atoms. The number of aromatic nitrogens is 1. The zero-order valence-corrected chi connectivity index (χ0v) is 29.1. The number of alkyl halides is 3. The van der Waals surface area contributed by atoms with Crippen molar-refractivity contribution in [1.82, 2.24) is 8.87 Å². The normalized spacial score (nSPS) is 15.5. The summed E-state index contributed by atoms with van der Waals surface area (Å²) < 4.78 is 110. The Morgan fingerprint density at radius 1 is 1.00 bits per heavy atom. The smallest absolute Gasteiger partial charge is 0.417 e. The van der Waals surface area contributed by atoms with Gasteiger partial charge in [-0.2, -0.15) is 21.6 Å². The number of rotatable bonds is 10. The van der Waals surface area contributed by atoms with Crippen molar-refractivity contribution in [3.63, 3.8) is 0 Å². The topological polar surface area (TPSA) is 118 Å². The number of hydrogen-bond acceptors (Lipinski definition) is 6. The molecule has 1 aliphatic heterocycles. The van der Waals surface area contributed by atoms with Crippen molar-refractivity contribution < 1.29 is 39.9 Å². The highest BCUT2D eigenvalue weighted by atomic mass is 79.9. The number of ether oxygens (including phenoxy) is 1. The largest absolute Gasteiger partial charge is 0.493 e. The second kappa shape index (κ2) is 12.2. The molecule has 1 aliphatic rings. The van der Waals surface area contributed by atoms with Crippen molar-refractivity contribution in [3.05, 3.63) is 88.0 Å². The van der Waals surface area contributed by atoms with Crippen LogP contribution in [0.3, 0.4) is 0 Å². The van der Waals surface area contributed by atoms with Gasteiger partial charge in [0.1, 0.15) is 12.1 Å². The van der Waals surface area contributed by atoms with Crippen molar-refractivity contribution >= 4 is 53.2 Å². The van der Waals surface area contributed by atoms with Crippen LogP contribution in [0.25, 0.3) is 10.9 Å².